The van der Waals surface area contributed by atoms with Gasteiger partial charge >= 0.3 is 0 Å². The molecule has 136 valence electrons. The molecule has 0 spiro atoms. The maximum atomic E-state index is 11.7. The van der Waals surface area contributed by atoms with Crippen LogP contribution in [0.25, 0.3) is 11.0 Å². The highest BCUT2D eigenvalue weighted by molar-refractivity contribution is 7.88. The lowest BCUT2D eigenvalue weighted by atomic mass is 10.1. The van der Waals surface area contributed by atoms with E-state index in [-0.39, 0.29) is 0 Å². The van der Waals surface area contributed by atoms with Gasteiger partial charge in [-0.2, -0.15) is 9.40 Å². The summed E-state index contributed by atoms with van der Waals surface area (Å²) in [6.45, 7) is 2.25. The molecular weight excluding hydrogens is 340 g/mol. The summed E-state index contributed by atoms with van der Waals surface area (Å²) in [4.78, 5) is 11.9. The smallest absolute Gasteiger partial charge is 0.211 e. The first kappa shape index (κ1) is 16.7. The van der Waals surface area contributed by atoms with E-state index in [2.05, 4.69) is 10.00 Å². The summed E-state index contributed by atoms with van der Waals surface area (Å²) in [7, 11) is -1.23. The van der Waals surface area contributed by atoms with Gasteiger partial charge in [-0.05, 0) is 12.8 Å². The van der Waals surface area contributed by atoms with Gasteiger partial charge in [-0.15, -0.1) is 0 Å². The number of hydrogen-bond donors (Lipinski definition) is 0. The molecule has 0 radical (unpaired) electrons. The monoisotopic (exact) mass is 364 g/mol. The zero-order valence-corrected chi connectivity index (χ0v) is 15.5. The molecule has 0 unspecified atom stereocenters. The highest BCUT2D eigenvalue weighted by Crippen LogP contribution is 2.35. The Balaban J connectivity index is 1.69. The molecule has 1 saturated heterocycles. The lowest BCUT2D eigenvalue weighted by Crippen LogP contribution is -2.48. The zero-order chi connectivity index (χ0) is 17.6. The average Bonchev–Trinajstić information content (AvgIpc) is 3.24. The lowest BCUT2D eigenvalue weighted by Gasteiger charge is -2.34. The van der Waals surface area contributed by atoms with Crippen molar-refractivity contribution in [3.63, 3.8) is 0 Å². The topological polar surface area (TPSA) is 84.2 Å². The molecule has 2 aromatic heterocycles. The molecule has 0 amide bonds. The lowest BCUT2D eigenvalue weighted by molar-refractivity contribution is 0.387. The van der Waals surface area contributed by atoms with E-state index in [9.17, 15) is 8.42 Å². The van der Waals surface area contributed by atoms with Crippen LogP contribution in [0.1, 0.15) is 37.4 Å². The summed E-state index contributed by atoms with van der Waals surface area (Å²) in [6, 6.07) is 0. The first-order valence-electron chi connectivity index (χ1n) is 8.83. The third-order valence-electron chi connectivity index (χ3n) is 5.32. The van der Waals surface area contributed by atoms with E-state index in [0.29, 0.717) is 32.1 Å². The van der Waals surface area contributed by atoms with Crippen molar-refractivity contribution in [2.24, 2.45) is 7.05 Å². The van der Waals surface area contributed by atoms with Crippen LogP contribution in [0.3, 0.4) is 0 Å². The van der Waals surface area contributed by atoms with Crippen molar-refractivity contribution in [1.29, 1.82) is 0 Å². The van der Waals surface area contributed by atoms with E-state index in [1.807, 2.05) is 13.2 Å². The number of fused-ring (bicyclic) bond motifs is 1. The number of hydrogen-bond acceptors (Lipinski definition) is 6. The number of piperazine rings is 1. The van der Waals surface area contributed by atoms with Crippen LogP contribution in [0.15, 0.2) is 6.20 Å². The minimum absolute atomic E-state index is 0.426. The predicted octanol–water partition coefficient (Wildman–Crippen LogP) is 1.10. The molecule has 9 heteroatoms. The van der Waals surface area contributed by atoms with Crippen molar-refractivity contribution in [2.75, 3.05) is 37.3 Å². The van der Waals surface area contributed by atoms with E-state index in [1.54, 1.807) is 4.68 Å². The molecule has 0 atom stereocenters. The summed E-state index contributed by atoms with van der Waals surface area (Å²) < 4.78 is 26.8. The Labute approximate surface area is 147 Å². The summed E-state index contributed by atoms with van der Waals surface area (Å²) in [5.74, 6) is 2.23. The maximum absolute atomic E-state index is 11.7. The Bertz CT molecular complexity index is 879. The fourth-order valence-electron chi connectivity index (χ4n) is 3.86. The van der Waals surface area contributed by atoms with Crippen LogP contribution in [0.2, 0.25) is 0 Å². The van der Waals surface area contributed by atoms with Gasteiger partial charge in [0.05, 0.1) is 17.8 Å². The van der Waals surface area contributed by atoms with Gasteiger partial charge in [-0.25, -0.2) is 18.4 Å². The minimum Gasteiger partial charge on any atom is -0.353 e. The van der Waals surface area contributed by atoms with Gasteiger partial charge in [0.2, 0.25) is 10.0 Å². The largest absolute Gasteiger partial charge is 0.353 e. The maximum Gasteiger partial charge on any atom is 0.211 e. The Morgan fingerprint density at radius 3 is 2.40 bits per heavy atom. The van der Waals surface area contributed by atoms with Gasteiger partial charge in [0.1, 0.15) is 11.6 Å². The molecular formula is C16H24N6O2S. The van der Waals surface area contributed by atoms with Crippen LogP contribution in [0.4, 0.5) is 5.82 Å². The first-order chi connectivity index (χ1) is 11.9. The van der Waals surface area contributed by atoms with Gasteiger partial charge in [-0.3, -0.25) is 4.68 Å². The molecule has 1 aliphatic carbocycles. The predicted molar refractivity (Wildman–Crippen MR) is 96.1 cm³/mol. The molecule has 1 saturated carbocycles. The molecule has 4 rings (SSSR count). The van der Waals surface area contributed by atoms with Crippen LogP contribution < -0.4 is 4.90 Å². The molecule has 0 aromatic carbocycles. The van der Waals surface area contributed by atoms with Gasteiger partial charge in [0, 0.05) is 39.1 Å². The van der Waals surface area contributed by atoms with Crippen LogP contribution in [0.5, 0.6) is 0 Å². The van der Waals surface area contributed by atoms with E-state index in [4.69, 9.17) is 9.97 Å². The first-order valence-corrected chi connectivity index (χ1v) is 10.7. The summed E-state index contributed by atoms with van der Waals surface area (Å²) in [5.41, 5.74) is 0.859. The summed E-state index contributed by atoms with van der Waals surface area (Å²) in [6.07, 6.45) is 7.84. The third kappa shape index (κ3) is 3.10. The summed E-state index contributed by atoms with van der Waals surface area (Å²) in [5, 5.41) is 5.30. The van der Waals surface area contributed by atoms with E-state index < -0.39 is 10.0 Å². The third-order valence-corrected chi connectivity index (χ3v) is 6.62. The highest BCUT2D eigenvalue weighted by atomic mass is 32.2. The summed E-state index contributed by atoms with van der Waals surface area (Å²) >= 11 is 0. The van der Waals surface area contributed by atoms with Crippen molar-refractivity contribution >= 4 is 26.9 Å². The number of aryl methyl sites for hydroxylation is 1. The van der Waals surface area contributed by atoms with Crippen LogP contribution >= 0.6 is 0 Å². The number of sulfonamides is 1. The normalized spacial score (nSPS) is 20.6. The van der Waals surface area contributed by atoms with E-state index in [0.717, 1.165) is 35.5 Å². The SMILES string of the molecule is Cn1ncc2c(N3CCN(S(C)(=O)=O)CC3)nc(C3CCCC3)nc21. The molecule has 25 heavy (non-hydrogen) atoms. The molecule has 3 heterocycles. The van der Waals surface area contributed by atoms with Crippen LogP contribution in [-0.2, 0) is 17.1 Å². The van der Waals surface area contributed by atoms with Gasteiger partial charge < -0.3 is 4.90 Å². The Morgan fingerprint density at radius 2 is 1.76 bits per heavy atom. The molecule has 0 bridgehead atoms. The molecule has 0 N–H and O–H groups in total. The van der Waals surface area contributed by atoms with Crippen molar-refractivity contribution in [1.82, 2.24) is 24.1 Å². The van der Waals surface area contributed by atoms with Crippen molar-refractivity contribution in [3.05, 3.63) is 12.0 Å². The minimum atomic E-state index is -3.13. The molecule has 2 fully saturated rings. The van der Waals surface area contributed by atoms with Crippen molar-refractivity contribution in [3.8, 4) is 0 Å². The Hall–Kier alpha value is -1.74. The van der Waals surface area contributed by atoms with Gasteiger partial charge in [0.25, 0.3) is 0 Å². The molecule has 8 nitrogen and oxygen atoms in total. The molecule has 2 aromatic rings. The van der Waals surface area contributed by atoms with Crippen LogP contribution in [0, 0.1) is 0 Å². The van der Waals surface area contributed by atoms with Gasteiger partial charge in [0.15, 0.2) is 5.65 Å². The van der Waals surface area contributed by atoms with Crippen LogP contribution in [-0.4, -0.2) is 64.9 Å². The fraction of sp³-hybridized carbons (Fsp3) is 0.688. The van der Waals surface area contributed by atoms with E-state index in [1.165, 1.54) is 23.4 Å². The second kappa shape index (κ2) is 6.21. The van der Waals surface area contributed by atoms with Gasteiger partial charge in [-0.1, -0.05) is 12.8 Å². The zero-order valence-electron chi connectivity index (χ0n) is 14.7. The van der Waals surface area contributed by atoms with E-state index >= 15 is 0 Å². The second-order valence-corrected chi connectivity index (χ2v) is 9.02. The average molecular weight is 364 g/mol. The van der Waals surface area contributed by atoms with Crippen molar-refractivity contribution < 1.29 is 8.42 Å². The number of aromatic nitrogens is 4. The number of anilines is 1. The molecule has 2 aliphatic rings. The quantitative estimate of drug-likeness (QED) is 0.811. The number of nitrogens with zero attached hydrogens (tertiary/aromatic N) is 6. The molecule has 1 aliphatic heterocycles. The standard InChI is InChI=1S/C16H24N6O2S/c1-20-15-13(11-17-20)16(19-14(18-15)12-5-3-4-6-12)21-7-9-22(10-8-21)25(2,23)24/h11-12H,3-10H2,1-2H3. The fourth-order valence-corrected chi connectivity index (χ4v) is 4.69. The second-order valence-electron chi connectivity index (χ2n) is 7.04. The van der Waals surface area contributed by atoms with Crippen molar-refractivity contribution in [2.45, 2.75) is 31.6 Å². The number of rotatable bonds is 3. The Morgan fingerprint density at radius 1 is 1.08 bits per heavy atom. The highest BCUT2D eigenvalue weighted by Gasteiger charge is 2.28. The Kier molecular flexibility index (Phi) is 4.15.